The monoisotopic (exact) mass is 271 g/mol. The van der Waals surface area contributed by atoms with E-state index in [9.17, 15) is 13.2 Å². The van der Waals surface area contributed by atoms with Gasteiger partial charge in [0.2, 0.25) is 0 Å². The van der Waals surface area contributed by atoms with Crippen LogP contribution in [0.3, 0.4) is 0 Å². The molecule has 0 saturated carbocycles. The van der Waals surface area contributed by atoms with Gasteiger partial charge < -0.3 is 11.1 Å². The second-order valence-corrected chi connectivity index (χ2v) is 5.53. The van der Waals surface area contributed by atoms with Crippen molar-refractivity contribution in [2.24, 2.45) is 0 Å². The number of urea groups is 1. The molecule has 0 unspecified atom stereocenters. The quantitative estimate of drug-likeness (QED) is 0.711. The molecule has 6 nitrogen and oxygen atoms in total. The molecule has 0 saturated heterocycles. The number of carbonyl (C=O) groups is 1. The smallest absolute Gasteiger partial charge is 0.328 e. The first-order chi connectivity index (χ1) is 8.29. The largest absolute Gasteiger partial charge is 0.397 e. The van der Waals surface area contributed by atoms with Crippen LogP contribution in [0, 0.1) is 13.8 Å². The SMILES string of the molecule is CCNC(=O)NS(=O)(=O)c1c(C)ccc(C)c1N. The van der Waals surface area contributed by atoms with Crippen LogP contribution in [-0.2, 0) is 10.0 Å². The number of aryl methyl sites for hydroxylation is 2. The van der Waals surface area contributed by atoms with Crippen LogP contribution < -0.4 is 15.8 Å². The predicted molar refractivity (Wildman–Crippen MR) is 69.7 cm³/mol. The van der Waals surface area contributed by atoms with Gasteiger partial charge in [0.25, 0.3) is 10.0 Å². The Morgan fingerprint density at radius 1 is 1.28 bits per heavy atom. The number of anilines is 1. The van der Waals surface area contributed by atoms with Crippen molar-refractivity contribution in [1.82, 2.24) is 10.0 Å². The Balaban J connectivity index is 3.21. The number of hydrogen-bond donors (Lipinski definition) is 3. The molecule has 0 atom stereocenters. The molecular weight excluding hydrogens is 254 g/mol. The maximum Gasteiger partial charge on any atom is 0.328 e. The molecule has 0 bridgehead atoms. The number of nitrogens with one attached hydrogen (secondary N) is 2. The van der Waals surface area contributed by atoms with E-state index in [2.05, 4.69) is 5.32 Å². The highest BCUT2D eigenvalue weighted by atomic mass is 32.2. The van der Waals surface area contributed by atoms with Crippen molar-refractivity contribution in [3.63, 3.8) is 0 Å². The molecule has 0 aliphatic rings. The van der Waals surface area contributed by atoms with Crippen molar-refractivity contribution in [2.75, 3.05) is 12.3 Å². The Morgan fingerprint density at radius 3 is 2.39 bits per heavy atom. The van der Waals surface area contributed by atoms with Gasteiger partial charge in [0, 0.05) is 6.54 Å². The minimum absolute atomic E-state index is 0.0475. The molecule has 0 spiro atoms. The number of sulfonamides is 1. The number of amides is 2. The maximum atomic E-state index is 12.1. The van der Waals surface area contributed by atoms with Crippen LogP contribution in [0.25, 0.3) is 0 Å². The van der Waals surface area contributed by atoms with Crippen LogP contribution in [0.15, 0.2) is 17.0 Å². The van der Waals surface area contributed by atoms with Crippen LogP contribution >= 0.6 is 0 Å². The predicted octanol–water partition coefficient (Wildman–Crippen LogP) is 0.893. The Labute approximate surface area is 107 Å². The molecule has 0 aliphatic heterocycles. The molecule has 0 aromatic heterocycles. The molecule has 18 heavy (non-hydrogen) atoms. The van der Waals surface area contributed by atoms with Gasteiger partial charge in [-0.2, -0.15) is 0 Å². The summed E-state index contributed by atoms with van der Waals surface area (Å²) >= 11 is 0. The summed E-state index contributed by atoms with van der Waals surface area (Å²) in [6.07, 6.45) is 0. The molecule has 7 heteroatoms. The molecule has 0 heterocycles. The summed E-state index contributed by atoms with van der Waals surface area (Å²) in [7, 11) is -3.95. The van der Waals surface area contributed by atoms with Gasteiger partial charge >= 0.3 is 6.03 Å². The molecule has 0 radical (unpaired) electrons. The number of hydrogen-bond acceptors (Lipinski definition) is 4. The summed E-state index contributed by atoms with van der Waals surface area (Å²) in [5.41, 5.74) is 7.07. The number of rotatable bonds is 3. The zero-order chi connectivity index (χ0) is 13.9. The molecular formula is C11H17N3O3S. The van der Waals surface area contributed by atoms with Crippen LogP contribution in [0.2, 0.25) is 0 Å². The molecule has 2 amide bonds. The fraction of sp³-hybridized carbons (Fsp3) is 0.364. The highest BCUT2D eigenvalue weighted by Gasteiger charge is 2.23. The highest BCUT2D eigenvalue weighted by Crippen LogP contribution is 2.25. The van der Waals surface area contributed by atoms with E-state index in [1.807, 2.05) is 4.72 Å². The summed E-state index contributed by atoms with van der Waals surface area (Å²) in [5.74, 6) is 0. The van der Waals surface area contributed by atoms with Crippen molar-refractivity contribution in [2.45, 2.75) is 25.7 Å². The molecule has 100 valence electrons. The molecule has 4 N–H and O–H groups in total. The van der Waals surface area contributed by atoms with E-state index in [1.54, 1.807) is 32.9 Å². The van der Waals surface area contributed by atoms with Crippen molar-refractivity contribution in [3.05, 3.63) is 23.3 Å². The van der Waals surface area contributed by atoms with Gasteiger partial charge in [-0.15, -0.1) is 0 Å². The maximum absolute atomic E-state index is 12.1. The minimum Gasteiger partial charge on any atom is -0.397 e. The minimum atomic E-state index is -3.95. The topological polar surface area (TPSA) is 101 Å². The van der Waals surface area contributed by atoms with Gasteiger partial charge in [0.1, 0.15) is 4.90 Å². The van der Waals surface area contributed by atoms with Gasteiger partial charge in [0.05, 0.1) is 5.69 Å². The average molecular weight is 271 g/mol. The first-order valence-corrected chi connectivity index (χ1v) is 6.94. The molecule has 1 aromatic rings. The lowest BCUT2D eigenvalue weighted by atomic mass is 10.1. The van der Waals surface area contributed by atoms with Crippen LogP contribution in [-0.4, -0.2) is 21.0 Å². The van der Waals surface area contributed by atoms with Crippen molar-refractivity contribution < 1.29 is 13.2 Å². The lowest BCUT2D eigenvalue weighted by molar-refractivity contribution is 0.246. The van der Waals surface area contributed by atoms with E-state index in [1.165, 1.54) is 0 Å². The first-order valence-electron chi connectivity index (χ1n) is 5.46. The number of nitrogens with two attached hydrogens (primary N) is 1. The zero-order valence-corrected chi connectivity index (χ0v) is 11.4. The van der Waals surface area contributed by atoms with E-state index in [4.69, 9.17) is 5.73 Å². The zero-order valence-electron chi connectivity index (χ0n) is 10.6. The highest BCUT2D eigenvalue weighted by molar-refractivity contribution is 7.90. The Morgan fingerprint density at radius 2 is 1.83 bits per heavy atom. The summed E-state index contributed by atoms with van der Waals surface area (Å²) < 4.78 is 26.0. The summed E-state index contributed by atoms with van der Waals surface area (Å²) in [5, 5.41) is 2.35. The van der Waals surface area contributed by atoms with Crippen molar-refractivity contribution >= 4 is 21.7 Å². The summed E-state index contributed by atoms with van der Waals surface area (Å²) in [6.45, 7) is 5.37. The Hall–Kier alpha value is -1.76. The summed E-state index contributed by atoms with van der Waals surface area (Å²) in [6, 6.07) is 2.62. The average Bonchev–Trinajstić information content (AvgIpc) is 2.23. The van der Waals surface area contributed by atoms with Crippen LogP contribution in [0.5, 0.6) is 0 Å². The standard InChI is InChI=1S/C11H17N3O3S/c1-4-13-11(15)14-18(16,17)10-8(3)6-5-7(2)9(10)12/h5-6H,4,12H2,1-3H3,(H2,13,14,15). The Kier molecular flexibility index (Phi) is 4.18. The third-order valence-electron chi connectivity index (χ3n) is 2.44. The second-order valence-electron chi connectivity index (χ2n) is 3.91. The fourth-order valence-corrected chi connectivity index (χ4v) is 2.89. The second kappa shape index (κ2) is 5.26. The Bertz CT molecular complexity index is 567. The van der Waals surface area contributed by atoms with Crippen LogP contribution in [0.1, 0.15) is 18.1 Å². The van der Waals surface area contributed by atoms with Crippen LogP contribution in [0.4, 0.5) is 10.5 Å². The van der Waals surface area contributed by atoms with Gasteiger partial charge in [-0.05, 0) is 31.9 Å². The number of nitrogen functional groups attached to an aromatic ring is 1. The fourth-order valence-electron chi connectivity index (χ4n) is 1.53. The molecule has 0 aliphatic carbocycles. The van der Waals surface area contributed by atoms with E-state index in [-0.39, 0.29) is 10.6 Å². The summed E-state index contributed by atoms with van der Waals surface area (Å²) in [4.78, 5) is 11.2. The van der Waals surface area contributed by atoms with Gasteiger partial charge in [0.15, 0.2) is 0 Å². The number of benzene rings is 1. The lowest BCUT2D eigenvalue weighted by Crippen LogP contribution is -2.39. The molecule has 1 rings (SSSR count). The lowest BCUT2D eigenvalue weighted by Gasteiger charge is -2.13. The number of carbonyl (C=O) groups excluding carboxylic acids is 1. The third kappa shape index (κ3) is 2.92. The molecule has 1 aromatic carbocycles. The normalized spacial score (nSPS) is 11.1. The van der Waals surface area contributed by atoms with Crippen molar-refractivity contribution in [1.29, 1.82) is 0 Å². The third-order valence-corrected chi connectivity index (χ3v) is 3.98. The molecule has 0 fully saturated rings. The van der Waals surface area contributed by atoms with E-state index >= 15 is 0 Å². The van der Waals surface area contributed by atoms with Gasteiger partial charge in [-0.3, -0.25) is 0 Å². The first kappa shape index (κ1) is 14.3. The van der Waals surface area contributed by atoms with E-state index < -0.39 is 16.1 Å². The van der Waals surface area contributed by atoms with E-state index in [0.717, 1.165) is 0 Å². The van der Waals surface area contributed by atoms with Gasteiger partial charge in [-0.25, -0.2) is 17.9 Å². The van der Waals surface area contributed by atoms with E-state index in [0.29, 0.717) is 17.7 Å². The van der Waals surface area contributed by atoms with Crippen molar-refractivity contribution in [3.8, 4) is 0 Å². The van der Waals surface area contributed by atoms with Gasteiger partial charge in [-0.1, -0.05) is 12.1 Å².